The largest absolute Gasteiger partial charge is 0.482 e. The van der Waals surface area contributed by atoms with E-state index >= 15 is 0 Å². The van der Waals surface area contributed by atoms with Crippen molar-refractivity contribution >= 4 is 5.91 Å². The molecule has 0 saturated heterocycles. The number of aromatic nitrogens is 2. The second-order valence-electron chi connectivity index (χ2n) is 2.51. The Bertz CT molecular complexity index is 367. The summed E-state index contributed by atoms with van der Waals surface area (Å²) in [5.74, 6) is -1.34. The average Bonchev–Trinajstić information content (AvgIpc) is 2.14. The van der Waals surface area contributed by atoms with Gasteiger partial charge in [0.1, 0.15) is 0 Å². The minimum Gasteiger partial charge on any atom is -0.482 e. The van der Waals surface area contributed by atoms with Crippen molar-refractivity contribution in [2.45, 2.75) is 6.18 Å². The van der Waals surface area contributed by atoms with Crippen LogP contribution < -0.4 is 10.5 Å². The molecule has 0 aliphatic carbocycles. The molecule has 5 nitrogen and oxygen atoms in total. The molecule has 0 aliphatic heterocycles. The molecule has 82 valence electrons. The summed E-state index contributed by atoms with van der Waals surface area (Å²) in [5, 5.41) is 6.56. The van der Waals surface area contributed by atoms with Crippen molar-refractivity contribution in [2.24, 2.45) is 5.73 Å². The first-order valence-corrected chi connectivity index (χ1v) is 3.71. The fourth-order valence-electron chi connectivity index (χ4n) is 0.767. The van der Waals surface area contributed by atoms with Crippen LogP contribution >= 0.6 is 0 Å². The predicted octanol–water partition coefficient (Wildman–Crippen LogP) is 0.517. The lowest BCUT2D eigenvalue weighted by Gasteiger charge is -2.09. The molecule has 0 bridgehead atoms. The molecule has 15 heavy (non-hydrogen) atoms. The van der Waals surface area contributed by atoms with Crippen LogP contribution in [0.2, 0.25) is 0 Å². The third-order valence-electron chi connectivity index (χ3n) is 1.31. The number of carbonyl (C=O) groups is 1. The number of rotatable bonds is 3. The van der Waals surface area contributed by atoms with Gasteiger partial charge in [-0.15, -0.1) is 5.10 Å². The number of amides is 1. The van der Waals surface area contributed by atoms with Crippen LogP contribution in [0, 0.1) is 0 Å². The monoisotopic (exact) mass is 221 g/mol. The molecule has 0 atom stereocenters. The SMILES string of the molecule is NC(=O)c1nnccc1OCC(F)(F)F. The summed E-state index contributed by atoms with van der Waals surface area (Å²) in [7, 11) is 0. The van der Waals surface area contributed by atoms with Gasteiger partial charge in [0.25, 0.3) is 5.91 Å². The van der Waals surface area contributed by atoms with Crippen molar-refractivity contribution in [3.05, 3.63) is 18.0 Å². The maximum Gasteiger partial charge on any atom is 0.422 e. The van der Waals surface area contributed by atoms with Gasteiger partial charge >= 0.3 is 6.18 Å². The van der Waals surface area contributed by atoms with Crippen LogP contribution in [-0.2, 0) is 0 Å². The van der Waals surface area contributed by atoms with Crippen LogP contribution in [-0.4, -0.2) is 28.9 Å². The smallest absolute Gasteiger partial charge is 0.422 e. The first-order chi connectivity index (χ1) is 6.90. The van der Waals surface area contributed by atoms with Gasteiger partial charge in [0.2, 0.25) is 0 Å². The van der Waals surface area contributed by atoms with E-state index in [0.717, 1.165) is 12.3 Å². The number of ether oxygens (including phenoxy) is 1. The van der Waals surface area contributed by atoms with E-state index in [0.29, 0.717) is 0 Å². The van der Waals surface area contributed by atoms with Crippen LogP contribution in [0.4, 0.5) is 13.2 Å². The third-order valence-corrected chi connectivity index (χ3v) is 1.31. The third kappa shape index (κ3) is 3.41. The first-order valence-electron chi connectivity index (χ1n) is 3.71. The molecule has 1 aromatic rings. The van der Waals surface area contributed by atoms with Gasteiger partial charge in [0.05, 0.1) is 6.20 Å². The highest BCUT2D eigenvalue weighted by Gasteiger charge is 2.29. The molecule has 1 rings (SSSR count). The molecule has 1 aromatic heterocycles. The van der Waals surface area contributed by atoms with E-state index in [9.17, 15) is 18.0 Å². The lowest BCUT2D eigenvalue weighted by atomic mass is 10.3. The van der Waals surface area contributed by atoms with E-state index < -0.39 is 24.4 Å². The van der Waals surface area contributed by atoms with Crippen molar-refractivity contribution in [1.29, 1.82) is 0 Å². The van der Waals surface area contributed by atoms with Crippen LogP contribution in [0.15, 0.2) is 12.3 Å². The van der Waals surface area contributed by atoms with E-state index in [1.165, 1.54) is 0 Å². The van der Waals surface area contributed by atoms with Crippen molar-refractivity contribution in [3.8, 4) is 5.75 Å². The van der Waals surface area contributed by atoms with Gasteiger partial charge < -0.3 is 10.5 Å². The number of halogens is 3. The lowest BCUT2D eigenvalue weighted by molar-refractivity contribution is -0.153. The quantitative estimate of drug-likeness (QED) is 0.806. The van der Waals surface area contributed by atoms with Gasteiger partial charge in [-0.1, -0.05) is 0 Å². The molecule has 0 fully saturated rings. The van der Waals surface area contributed by atoms with Gasteiger partial charge in [-0.05, 0) is 0 Å². The number of hydrogen-bond acceptors (Lipinski definition) is 4. The van der Waals surface area contributed by atoms with Crippen molar-refractivity contribution in [3.63, 3.8) is 0 Å². The molecule has 8 heteroatoms. The van der Waals surface area contributed by atoms with E-state index in [4.69, 9.17) is 5.73 Å². The van der Waals surface area contributed by atoms with Gasteiger partial charge in [0, 0.05) is 6.07 Å². The van der Waals surface area contributed by atoms with E-state index in [1.807, 2.05) is 0 Å². The summed E-state index contributed by atoms with van der Waals surface area (Å²) in [5.41, 5.74) is 4.42. The normalized spacial score (nSPS) is 11.1. The molecule has 0 spiro atoms. The predicted molar refractivity (Wildman–Crippen MR) is 42.1 cm³/mol. The minimum absolute atomic E-state index is 0.338. The molecule has 0 aromatic carbocycles. The number of alkyl halides is 3. The van der Waals surface area contributed by atoms with E-state index in [2.05, 4.69) is 14.9 Å². The summed E-state index contributed by atoms with van der Waals surface area (Å²) >= 11 is 0. The highest BCUT2D eigenvalue weighted by Crippen LogP contribution is 2.19. The van der Waals surface area contributed by atoms with Gasteiger partial charge in [-0.25, -0.2) is 0 Å². The zero-order valence-corrected chi connectivity index (χ0v) is 7.28. The topological polar surface area (TPSA) is 78.1 Å². The number of nitrogens with two attached hydrogens (primary N) is 1. The summed E-state index contributed by atoms with van der Waals surface area (Å²) in [6, 6.07) is 1.08. The Morgan fingerprint density at radius 2 is 2.20 bits per heavy atom. The summed E-state index contributed by atoms with van der Waals surface area (Å²) < 4.78 is 39.7. The van der Waals surface area contributed by atoms with Crippen LogP contribution in [0.1, 0.15) is 10.5 Å². The number of nitrogens with zero attached hydrogens (tertiary/aromatic N) is 2. The van der Waals surface area contributed by atoms with Crippen molar-refractivity contribution < 1.29 is 22.7 Å². The molecular formula is C7H6F3N3O2. The Hall–Kier alpha value is -1.86. The molecule has 0 aliphatic rings. The van der Waals surface area contributed by atoms with Crippen molar-refractivity contribution in [2.75, 3.05) is 6.61 Å². The van der Waals surface area contributed by atoms with E-state index in [-0.39, 0.29) is 5.75 Å². The maximum absolute atomic E-state index is 11.8. The Balaban J connectivity index is 2.81. The fraction of sp³-hybridized carbons (Fsp3) is 0.286. The Labute approximate surface area is 82.0 Å². The Morgan fingerprint density at radius 1 is 1.53 bits per heavy atom. The molecule has 1 heterocycles. The molecular weight excluding hydrogens is 215 g/mol. The standard InChI is InChI=1S/C7H6F3N3O2/c8-7(9,10)3-15-4-1-2-12-13-5(4)6(11)14/h1-2H,3H2,(H2,11,14). The van der Waals surface area contributed by atoms with Crippen LogP contribution in [0.5, 0.6) is 5.75 Å². The molecule has 0 saturated carbocycles. The number of hydrogen-bond donors (Lipinski definition) is 1. The molecule has 2 N–H and O–H groups in total. The Kier molecular flexibility index (Phi) is 3.08. The second-order valence-corrected chi connectivity index (χ2v) is 2.51. The van der Waals surface area contributed by atoms with Crippen LogP contribution in [0.25, 0.3) is 0 Å². The van der Waals surface area contributed by atoms with Gasteiger partial charge in [0.15, 0.2) is 18.1 Å². The highest BCUT2D eigenvalue weighted by atomic mass is 19.4. The van der Waals surface area contributed by atoms with E-state index in [1.54, 1.807) is 0 Å². The van der Waals surface area contributed by atoms with Gasteiger partial charge in [-0.3, -0.25) is 4.79 Å². The first kappa shape index (κ1) is 11.2. The zero-order chi connectivity index (χ0) is 11.5. The highest BCUT2D eigenvalue weighted by molar-refractivity contribution is 5.93. The second kappa shape index (κ2) is 4.11. The molecule has 0 radical (unpaired) electrons. The Morgan fingerprint density at radius 3 is 2.73 bits per heavy atom. The summed E-state index contributed by atoms with van der Waals surface area (Å²) in [6.45, 7) is -1.51. The molecule has 0 unspecified atom stereocenters. The van der Waals surface area contributed by atoms with Crippen LogP contribution in [0.3, 0.4) is 0 Å². The summed E-state index contributed by atoms with van der Waals surface area (Å²) in [6.07, 6.45) is -3.39. The lowest BCUT2D eigenvalue weighted by Crippen LogP contribution is -2.22. The van der Waals surface area contributed by atoms with Crippen molar-refractivity contribution in [1.82, 2.24) is 10.2 Å². The number of primary amides is 1. The summed E-state index contributed by atoms with van der Waals surface area (Å²) in [4.78, 5) is 10.7. The maximum atomic E-state index is 11.8. The van der Waals surface area contributed by atoms with Gasteiger partial charge in [-0.2, -0.15) is 18.3 Å². The zero-order valence-electron chi connectivity index (χ0n) is 7.28. The molecule has 1 amide bonds. The minimum atomic E-state index is -4.49. The average molecular weight is 221 g/mol. The fourth-order valence-corrected chi connectivity index (χ4v) is 0.767. The number of carbonyl (C=O) groups excluding carboxylic acids is 1.